The maximum Gasteiger partial charge on any atom is 0.230 e. The molecule has 0 saturated heterocycles. The van der Waals surface area contributed by atoms with Gasteiger partial charge in [0.15, 0.2) is 0 Å². The molecule has 2 aromatic carbocycles. The minimum Gasteiger partial charge on any atom is -0.493 e. The third kappa shape index (κ3) is 6.90. The lowest BCUT2D eigenvalue weighted by atomic mass is 9.87. The summed E-state index contributed by atoms with van der Waals surface area (Å²) in [6.45, 7) is 12.2. The lowest BCUT2D eigenvalue weighted by Gasteiger charge is -2.24. The van der Waals surface area contributed by atoms with Crippen molar-refractivity contribution in [3.8, 4) is 5.75 Å². The second-order valence-corrected chi connectivity index (χ2v) is 8.78. The SMILES string of the molecule is Cc1ccc(C)c(OCCCC(C)(C)C(=O)Nc2ccc(NC(=O)C(C)C)cc2)c1. The lowest BCUT2D eigenvalue weighted by Crippen LogP contribution is -2.31. The molecule has 0 radical (unpaired) electrons. The van der Waals surface area contributed by atoms with Crippen molar-refractivity contribution in [2.24, 2.45) is 11.3 Å². The molecule has 0 atom stereocenters. The van der Waals surface area contributed by atoms with Gasteiger partial charge in [-0.05, 0) is 68.1 Å². The second kappa shape index (κ2) is 10.3. The highest BCUT2D eigenvalue weighted by Gasteiger charge is 2.27. The lowest BCUT2D eigenvalue weighted by molar-refractivity contribution is -0.124. The number of carbonyl (C=O) groups is 2. The van der Waals surface area contributed by atoms with Gasteiger partial charge in [-0.25, -0.2) is 0 Å². The van der Waals surface area contributed by atoms with E-state index in [-0.39, 0.29) is 17.7 Å². The monoisotopic (exact) mass is 410 g/mol. The molecule has 5 heteroatoms. The number of hydrogen-bond donors (Lipinski definition) is 2. The van der Waals surface area contributed by atoms with Crippen molar-refractivity contribution in [3.05, 3.63) is 53.6 Å². The standard InChI is InChI=1S/C25H34N2O3/c1-17(2)23(28)26-20-10-12-21(13-11-20)27-24(29)25(5,6)14-7-15-30-22-16-18(3)8-9-19(22)4/h8-13,16-17H,7,14-15H2,1-6H3,(H,26,28)(H,27,29). The Labute approximate surface area is 180 Å². The predicted octanol–water partition coefficient (Wildman–Crippen LogP) is 5.72. The average molecular weight is 411 g/mol. The van der Waals surface area contributed by atoms with Crippen LogP contribution in [0.1, 0.15) is 51.7 Å². The van der Waals surface area contributed by atoms with Gasteiger partial charge < -0.3 is 15.4 Å². The van der Waals surface area contributed by atoms with Gasteiger partial charge in [-0.2, -0.15) is 0 Å². The van der Waals surface area contributed by atoms with Gasteiger partial charge in [0.2, 0.25) is 11.8 Å². The molecule has 0 unspecified atom stereocenters. The highest BCUT2D eigenvalue weighted by molar-refractivity contribution is 5.95. The number of ether oxygens (including phenoxy) is 1. The Hall–Kier alpha value is -2.82. The third-order valence-electron chi connectivity index (χ3n) is 5.10. The van der Waals surface area contributed by atoms with E-state index in [0.29, 0.717) is 18.7 Å². The van der Waals surface area contributed by atoms with Crippen LogP contribution < -0.4 is 15.4 Å². The number of amides is 2. The largest absolute Gasteiger partial charge is 0.493 e. The molecule has 0 aliphatic heterocycles. The summed E-state index contributed by atoms with van der Waals surface area (Å²) < 4.78 is 5.91. The van der Waals surface area contributed by atoms with E-state index in [4.69, 9.17) is 4.74 Å². The molecular weight excluding hydrogens is 376 g/mol. The van der Waals surface area contributed by atoms with Crippen molar-refractivity contribution in [1.82, 2.24) is 0 Å². The molecule has 0 bridgehead atoms. The minimum atomic E-state index is -0.518. The maximum atomic E-state index is 12.7. The van der Waals surface area contributed by atoms with E-state index in [1.54, 1.807) is 24.3 Å². The van der Waals surface area contributed by atoms with Gasteiger partial charge in [0.1, 0.15) is 5.75 Å². The van der Waals surface area contributed by atoms with E-state index in [1.807, 2.05) is 47.6 Å². The zero-order chi connectivity index (χ0) is 22.3. The Morgan fingerprint density at radius 2 is 1.57 bits per heavy atom. The molecule has 5 nitrogen and oxygen atoms in total. The number of rotatable bonds is 9. The Morgan fingerprint density at radius 3 is 2.17 bits per heavy atom. The second-order valence-electron chi connectivity index (χ2n) is 8.78. The van der Waals surface area contributed by atoms with Gasteiger partial charge >= 0.3 is 0 Å². The van der Waals surface area contributed by atoms with Gasteiger partial charge in [0, 0.05) is 22.7 Å². The highest BCUT2D eigenvalue weighted by atomic mass is 16.5. The van der Waals surface area contributed by atoms with E-state index in [0.717, 1.165) is 23.4 Å². The van der Waals surface area contributed by atoms with E-state index < -0.39 is 5.41 Å². The number of benzene rings is 2. The summed E-state index contributed by atoms with van der Waals surface area (Å²) in [5.41, 5.74) is 3.20. The highest BCUT2D eigenvalue weighted by Crippen LogP contribution is 2.26. The molecule has 0 heterocycles. The summed E-state index contributed by atoms with van der Waals surface area (Å²) in [5.74, 6) is 0.759. The molecule has 2 rings (SSSR count). The van der Waals surface area contributed by atoms with Gasteiger partial charge in [-0.1, -0.05) is 39.8 Å². The van der Waals surface area contributed by atoms with Crippen LogP contribution in [0, 0.1) is 25.2 Å². The first-order valence-electron chi connectivity index (χ1n) is 10.5. The normalized spacial score (nSPS) is 11.3. The van der Waals surface area contributed by atoms with Crippen LogP contribution >= 0.6 is 0 Å². The zero-order valence-electron chi connectivity index (χ0n) is 19.0. The summed E-state index contributed by atoms with van der Waals surface area (Å²) in [6.07, 6.45) is 1.50. The Balaban J connectivity index is 1.83. The molecule has 0 aromatic heterocycles. The molecule has 30 heavy (non-hydrogen) atoms. The first-order valence-corrected chi connectivity index (χ1v) is 10.5. The van der Waals surface area contributed by atoms with Crippen molar-refractivity contribution >= 4 is 23.2 Å². The quantitative estimate of drug-likeness (QED) is 0.519. The number of nitrogens with one attached hydrogen (secondary N) is 2. The van der Waals surface area contributed by atoms with Crippen molar-refractivity contribution < 1.29 is 14.3 Å². The molecule has 2 N–H and O–H groups in total. The van der Waals surface area contributed by atoms with Crippen LogP contribution in [-0.2, 0) is 9.59 Å². The van der Waals surface area contributed by atoms with Crippen LogP contribution in [0.4, 0.5) is 11.4 Å². The van der Waals surface area contributed by atoms with E-state index in [9.17, 15) is 9.59 Å². The molecule has 0 spiro atoms. The van der Waals surface area contributed by atoms with Gasteiger partial charge in [-0.15, -0.1) is 0 Å². The summed E-state index contributed by atoms with van der Waals surface area (Å²) in [7, 11) is 0. The van der Waals surface area contributed by atoms with Crippen molar-refractivity contribution in [3.63, 3.8) is 0 Å². The first kappa shape index (κ1) is 23.5. The average Bonchev–Trinajstić information content (AvgIpc) is 2.69. The molecule has 162 valence electrons. The van der Waals surface area contributed by atoms with Gasteiger partial charge in [0.05, 0.1) is 6.61 Å². The molecule has 0 aliphatic rings. The summed E-state index contributed by atoms with van der Waals surface area (Å²) in [6, 6.07) is 13.4. The molecule has 0 fully saturated rings. The molecule has 2 aromatic rings. The molecule has 0 aliphatic carbocycles. The minimum absolute atomic E-state index is 0.0315. The fourth-order valence-corrected chi connectivity index (χ4v) is 2.90. The number of anilines is 2. The summed E-state index contributed by atoms with van der Waals surface area (Å²) in [4.78, 5) is 24.5. The summed E-state index contributed by atoms with van der Waals surface area (Å²) >= 11 is 0. The number of hydrogen-bond acceptors (Lipinski definition) is 3. The van der Waals surface area contributed by atoms with Crippen LogP contribution in [0.5, 0.6) is 5.75 Å². The van der Waals surface area contributed by atoms with Gasteiger partial charge in [0.25, 0.3) is 0 Å². The molecular formula is C25H34N2O3. The number of aryl methyl sites for hydroxylation is 2. The van der Waals surface area contributed by atoms with Crippen LogP contribution in [0.15, 0.2) is 42.5 Å². The van der Waals surface area contributed by atoms with E-state index in [2.05, 4.69) is 22.8 Å². The predicted molar refractivity (Wildman–Crippen MR) is 123 cm³/mol. The Morgan fingerprint density at radius 1 is 0.967 bits per heavy atom. The molecule has 0 saturated carbocycles. The van der Waals surface area contributed by atoms with Gasteiger partial charge in [-0.3, -0.25) is 9.59 Å². The van der Waals surface area contributed by atoms with Crippen LogP contribution in [0.3, 0.4) is 0 Å². The maximum absolute atomic E-state index is 12.7. The topological polar surface area (TPSA) is 67.4 Å². The van der Waals surface area contributed by atoms with Crippen LogP contribution in [0.25, 0.3) is 0 Å². The number of carbonyl (C=O) groups excluding carboxylic acids is 2. The molecule has 2 amide bonds. The fourth-order valence-electron chi connectivity index (χ4n) is 2.90. The fraction of sp³-hybridized carbons (Fsp3) is 0.440. The smallest absolute Gasteiger partial charge is 0.230 e. The van der Waals surface area contributed by atoms with E-state index >= 15 is 0 Å². The first-order chi connectivity index (χ1) is 14.1. The van der Waals surface area contributed by atoms with Crippen molar-refractivity contribution in [1.29, 1.82) is 0 Å². The Bertz CT molecular complexity index is 870. The summed E-state index contributed by atoms with van der Waals surface area (Å²) in [5, 5.41) is 5.81. The van der Waals surface area contributed by atoms with Crippen LogP contribution in [0.2, 0.25) is 0 Å². The Kier molecular flexibility index (Phi) is 8.04. The van der Waals surface area contributed by atoms with Crippen molar-refractivity contribution in [2.75, 3.05) is 17.2 Å². The zero-order valence-corrected chi connectivity index (χ0v) is 19.0. The third-order valence-corrected chi connectivity index (χ3v) is 5.10. The van der Waals surface area contributed by atoms with Crippen LogP contribution in [-0.4, -0.2) is 18.4 Å². The van der Waals surface area contributed by atoms with E-state index in [1.165, 1.54) is 5.56 Å². The van der Waals surface area contributed by atoms with Crippen molar-refractivity contribution in [2.45, 2.75) is 54.4 Å².